The van der Waals surface area contributed by atoms with Crippen molar-refractivity contribution in [2.45, 2.75) is 33.2 Å². The minimum atomic E-state index is -0.233. The Balaban J connectivity index is 2.03. The Morgan fingerprint density at radius 1 is 1.19 bits per heavy atom. The predicted molar refractivity (Wildman–Crippen MR) is 104 cm³/mol. The van der Waals surface area contributed by atoms with Crippen LogP contribution in [-0.2, 0) is 4.74 Å². The van der Waals surface area contributed by atoms with Crippen molar-refractivity contribution in [3.63, 3.8) is 0 Å². The molecule has 0 saturated carbocycles. The predicted octanol–water partition coefficient (Wildman–Crippen LogP) is 4.92. The number of anilines is 1. The summed E-state index contributed by atoms with van der Waals surface area (Å²) in [5, 5.41) is 1.20. The second kappa shape index (κ2) is 7.87. The summed E-state index contributed by atoms with van der Waals surface area (Å²) in [5.41, 5.74) is 5.41. The van der Waals surface area contributed by atoms with E-state index < -0.39 is 0 Å². The number of nitrogens with zero attached hydrogens (tertiary/aromatic N) is 2. The first-order valence-corrected chi connectivity index (χ1v) is 9.02. The van der Waals surface area contributed by atoms with Crippen LogP contribution in [0.1, 0.15) is 36.3 Å². The van der Waals surface area contributed by atoms with Gasteiger partial charge in [-0.2, -0.15) is 0 Å². The van der Waals surface area contributed by atoms with Crippen molar-refractivity contribution in [1.82, 2.24) is 9.97 Å². The maximum Gasteiger partial charge on any atom is 0.123 e. The Bertz CT molecular complexity index is 873. The van der Waals surface area contributed by atoms with Gasteiger partial charge in [0.05, 0.1) is 17.3 Å². The van der Waals surface area contributed by atoms with Gasteiger partial charge in [-0.1, -0.05) is 0 Å². The molecule has 4 nitrogen and oxygen atoms in total. The van der Waals surface area contributed by atoms with Crippen molar-refractivity contribution in [3.05, 3.63) is 59.3 Å². The SMILES string of the molecule is CCOCCC(c1nccc2c(C)c(C)[nH]c12)N(C)c1ccc(F)cc1. The normalized spacial score (nSPS) is 12.5. The molecule has 0 radical (unpaired) electrons. The number of pyridine rings is 1. The van der Waals surface area contributed by atoms with Crippen LogP contribution in [0.25, 0.3) is 10.9 Å². The van der Waals surface area contributed by atoms with Gasteiger partial charge in [0.2, 0.25) is 0 Å². The molecule has 0 aliphatic rings. The van der Waals surface area contributed by atoms with E-state index in [1.807, 2.05) is 20.2 Å². The van der Waals surface area contributed by atoms with E-state index in [2.05, 4.69) is 29.8 Å². The van der Waals surface area contributed by atoms with E-state index in [0.29, 0.717) is 13.2 Å². The molecule has 0 aliphatic heterocycles. The number of benzene rings is 1. The first-order valence-electron chi connectivity index (χ1n) is 9.02. The lowest BCUT2D eigenvalue weighted by molar-refractivity contribution is 0.139. The summed E-state index contributed by atoms with van der Waals surface area (Å²) in [5.74, 6) is -0.233. The molecule has 0 spiro atoms. The summed E-state index contributed by atoms with van der Waals surface area (Å²) < 4.78 is 18.9. The van der Waals surface area contributed by atoms with Gasteiger partial charge in [-0.05, 0) is 63.1 Å². The molecule has 138 valence electrons. The number of hydrogen-bond donors (Lipinski definition) is 1. The molecule has 0 amide bonds. The Hall–Kier alpha value is -2.40. The minimum Gasteiger partial charge on any atom is -0.382 e. The minimum absolute atomic E-state index is 0.0214. The number of aromatic amines is 1. The van der Waals surface area contributed by atoms with Crippen molar-refractivity contribution in [1.29, 1.82) is 0 Å². The van der Waals surface area contributed by atoms with Crippen LogP contribution in [0.2, 0.25) is 0 Å². The highest BCUT2D eigenvalue weighted by atomic mass is 19.1. The maximum absolute atomic E-state index is 13.3. The van der Waals surface area contributed by atoms with Crippen molar-refractivity contribution in [2.75, 3.05) is 25.2 Å². The van der Waals surface area contributed by atoms with E-state index in [1.165, 1.54) is 23.1 Å². The number of halogens is 1. The third kappa shape index (κ3) is 3.58. The lowest BCUT2D eigenvalue weighted by Crippen LogP contribution is -2.26. The zero-order chi connectivity index (χ0) is 18.7. The van der Waals surface area contributed by atoms with Crippen LogP contribution < -0.4 is 4.90 Å². The first-order chi connectivity index (χ1) is 12.5. The Labute approximate surface area is 154 Å². The van der Waals surface area contributed by atoms with Gasteiger partial charge < -0.3 is 14.6 Å². The lowest BCUT2D eigenvalue weighted by atomic mass is 10.0. The zero-order valence-corrected chi connectivity index (χ0v) is 15.8. The van der Waals surface area contributed by atoms with Crippen LogP contribution in [0.5, 0.6) is 0 Å². The molecule has 2 heterocycles. The van der Waals surface area contributed by atoms with Gasteiger partial charge in [-0.3, -0.25) is 4.98 Å². The number of ether oxygens (including phenoxy) is 1. The average Bonchev–Trinajstić information content (AvgIpc) is 2.94. The highest BCUT2D eigenvalue weighted by Crippen LogP contribution is 2.33. The monoisotopic (exact) mass is 355 g/mol. The third-order valence-corrected chi connectivity index (χ3v) is 5.02. The van der Waals surface area contributed by atoms with Gasteiger partial charge >= 0.3 is 0 Å². The number of aromatic nitrogens is 2. The molecular weight excluding hydrogens is 329 g/mol. The fraction of sp³-hybridized carbons (Fsp3) is 0.381. The number of H-pyrrole nitrogens is 1. The molecular formula is C21H26FN3O. The summed E-state index contributed by atoms with van der Waals surface area (Å²) >= 11 is 0. The van der Waals surface area contributed by atoms with E-state index in [4.69, 9.17) is 9.72 Å². The number of rotatable bonds is 7. The van der Waals surface area contributed by atoms with Crippen molar-refractivity contribution in [3.8, 4) is 0 Å². The molecule has 1 atom stereocenters. The fourth-order valence-corrected chi connectivity index (χ4v) is 3.37. The summed E-state index contributed by atoms with van der Waals surface area (Å²) in [6.45, 7) is 7.53. The second-order valence-electron chi connectivity index (χ2n) is 6.58. The van der Waals surface area contributed by atoms with Crippen LogP contribution in [-0.4, -0.2) is 30.2 Å². The summed E-state index contributed by atoms with van der Waals surface area (Å²) in [7, 11) is 2.02. The van der Waals surface area contributed by atoms with Crippen LogP contribution in [0.4, 0.5) is 10.1 Å². The largest absolute Gasteiger partial charge is 0.382 e. The summed E-state index contributed by atoms with van der Waals surface area (Å²) in [6, 6.07) is 8.65. The number of aryl methyl sites for hydroxylation is 2. The van der Waals surface area contributed by atoms with Crippen LogP contribution in [0, 0.1) is 19.7 Å². The molecule has 0 saturated heterocycles. The van der Waals surface area contributed by atoms with Crippen molar-refractivity contribution >= 4 is 16.6 Å². The average molecular weight is 355 g/mol. The fourth-order valence-electron chi connectivity index (χ4n) is 3.37. The number of fused-ring (bicyclic) bond motifs is 1. The molecule has 26 heavy (non-hydrogen) atoms. The smallest absolute Gasteiger partial charge is 0.123 e. The number of nitrogens with one attached hydrogen (secondary N) is 1. The van der Waals surface area contributed by atoms with Gasteiger partial charge in [0.25, 0.3) is 0 Å². The van der Waals surface area contributed by atoms with E-state index in [0.717, 1.165) is 29.0 Å². The lowest BCUT2D eigenvalue weighted by Gasteiger charge is -2.30. The van der Waals surface area contributed by atoms with Crippen LogP contribution in [0.15, 0.2) is 36.5 Å². The standard InChI is InChI=1S/C21H26FN3O/c1-5-26-13-11-19(25(4)17-8-6-16(22)7-9-17)21-20-18(10-12-23-21)14(2)15(3)24-20/h6-10,12,19,24H,5,11,13H2,1-4H3. The third-order valence-electron chi connectivity index (χ3n) is 5.02. The molecule has 0 bridgehead atoms. The van der Waals surface area contributed by atoms with Gasteiger partial charge in [0.15, 0.2) is 0 Å². The Morgan fingerprint density at radius 2 is 1.92 bits per heavy atom. The molecule has 1 N–H and O–H groups in total. The van der Waals surface area contributed by atoms with E-state index in [-0.39, 0.29) is 11.9 Å². The highest BCUT2D eigenvalue weighted by molar-refractivity contribution is 5.86. The molecule has 3 aromatic rings. The van der Waals surface area contributed by atoms with Gasteiger partial charge in [0, 0.05) is 43.2 Å². The van der Waals surface area contributed by atoms with E-state index in [1.54, 1.807) is 12.1 Å². The summed E-state index contributed by atoms with van der Waals surface area (Å²) in [6.07, 6.45) is 2.66. The maximum atomic E-state index is 13.3. The first kappa shape index (κ1) is 18.4. The zero-order valence-electron chi connectivity index (χ0n) is 15.8. The summed E-state index contributed by atoms with van der Waals surface area (Å²) in [4.78, 5) is 10.3. The molecule has 5 heteroatoms. The second-order valence-corrected chi connectivity index (χ2v) is 6.58. The van der Waals surface area contributed by atoms with Crippen molar-refractivity contribution < 1.29 is 9.13 Å². The molecule has 0 aliphatic carbocycles. The van der Waals surface area contributed by atoms with Crippen molar-refractivity contribution in [2.24, 2.45) is 0 Å². The van der Waals surface area contributed by atoms with Crippen LogP contribution in [0.3, 0.4) is 0 Å². The van der Waals surface area contributed by atoms with Gasteiger partial charge in [0.1, 0.15) is 5.82 Å². The topological polar surface area (TPSA) is 41.1 Å². The van der Waals surface area contributed by atoms with E-state index in [9.17, 15) is 4.39 Å². The Kier molecular flexibility index (Phi) is 5.57. The highest BCUT2D eigenvalue weighted by Gasteiger charge is 2.23. The quantitative estimate of drug-likeness (QED) is 0.612. The molecule has 1 unspecified atom stereocenters. The number of hydrogen-bond acceptors (Lipinski definition) is 3. The molecule has 2 aromatic heterocycles. The molecule has 3 rings (SSSR count). The molecule has 1 aromatic carbocycles. The Morgan fingerprint density at radius 3 is 2.62 bits per heavy atom. The van der Waals surface area contributed by atoms with Gasteiger partial charge in [-0.25, -0.2) is 4.39 Å². The molecule has 0 fully saturated rings. The van der Waals surface area contributed by atoms with Crippen LogP contribution >= 0.6 is 0 Å². The van der Waals surface area contributed by atoms with E-state index >= 15 is 0 Å². The van der Waals surface area contributed by atoms with Gasteiger partial charge in [-0.15, -0.1) is 0 Å².